The molecule has 0 radical (unpaired) electrons. The summed E-state index contributed by atoms with van der Waals surface area (Å²) in [6, 6.07) is -1.48. The average molecular weight is 394 g/mol. The van der Waals surface area contributed by atoms with Crippen LogP contribution in [0.2, 0.25) is 0 Å². The molecule has 0 amide bonds. The average Bonchev–Trinajstić information content (AvgIpc) is 2.56. The molecule has 0 fully saturated rings. The van der Waals surface area contributed by atoms with E-state index in [4.69, 9.17) is 21.1 Å². The van der Waals surface area contributed by atoms with Crippen molar-refractivity contribution < 1.29 is 29.7 Å². The minimum atomic E-state index is -0.910. The van der Waals surface area contributed by atoms with Crippen molar-refractivity contribution in [3.05, 3.63) is 0 Å². The molecule has 0 heterocycles. The molecule has 0 spiro atoms. The zero-order valence-electron chi connectivity index (χ0n) is 17.7. The molecule has 0 unspecified atom stereocenters. The van der Waals surface area contributed by atoms with E-state index < -0.39 is 36.0 Å². The summed E-state index contributed by atoms with van der Waals surface area (Å²) in [5, 5.41) is 30.7. The molecule has 27 heavy (non-hydrogen) atoms. The standard InChI is InChI=1S/C7H15NO2.C6H13NO2.C5H11NO2/c1-4-5(2)6(8-3)7(9)10;1-4(2)5(7-3)6(8)9;1-2-3-4(6)5(7)8/h5-6,8H,4H2,1-3H3,(H,9,10);4-5,7H,1-3H3,(H,8,9);4H,2-3,6H2,1H3,(H,7,8)/t5-,6-;5-;4-/m000/s1. The van der Waals surface area contributed by atoms with Gasteiger partial charge in [-0.1, -0.05) is 47.5 Å². The van der Waals surface area contributed by atoms with Crippen LogP contribution in [0.4, 0.5) is 0 Å². The summed E-state index contributed by atoms with van der Waals surface area (Å²) in [5.74, 6) is -2.12. The summed E-state index contributed by atoms with van der Waals surface area (Å²) < 4.78 is 0. The van der Waals surface area contributed by atoms with Crippen LogP contribution in [0.1, 0.15) is 53.9 Å². The first-order chi connectivity index (χ1) is 12.4. The molecule has 9 heteroatoms. The lowest BCUT2D eigenvalue weighted by Crippen LogP contribution is -2.39. The fourth-order valence-electron chi connectivity index (χ4n) is 2.06. The van der Waals surface area contributed by atoms with Crippen molar-refractivity contribution in [2.45, 2.75) is 72.0 Å². The summed E-state index contributed by atoms with van der Waals surface area (Å²) in [5.41, 5.74) is 5.13. The van der Waals surface area contributed by atoms with Gasteiger partial charge in [-0.15, -0.1) is 0 Å². The molecule has 9 nitrogen and oxygen atoms in total. The van der Waals surface area contributed by atoms with Crippen molar-refractivity contribution in [2.75, 3.05) is 14.1 Å². The lowest BCUT2D eigenvalue weighted by Gasteiger charge is -2.16. The number of nitrogens with one attached hydrogen (secondary N) is 2. The van der Waals surface area contributed by atoms with Gasteiger partial charge in [0.1, 0.15) is 18.1 Å². The van der Waals surface area contributed by atoms with Crippen LogP contribution in [0, 0.1) is 11.8 Å². The van der Waals surface area contributed by atoms with Gasteiger partial charge in [-0.25, -0.2) is 0 Å². The fraction of sp³-hybridized carbons (Fsp3) is 0.833. The van der Waals surface area contributed by atoms with Crippen LogP contribution < -0.4 is 16.4 Å². The molecule has 0 aliphatic carbocycles. The first-order valence-electron chi connectivity index (χ1n) is 9.19. The summed E-state index contributed by atoms with van der Waals surface area (Å²) in [6.07, 6.45) is 2.28. The van der Waals surface area contributed by atoms with Crippen molar-refractivity contribution in [1.82, 2.24) is 10.6 Å². The fourth-order valence-corrected chi connectivity index (χ4v) is 2.06. The summed E-state index contributed by atoms with van der Waals surface area (Å²) in [4.78, 5) is 30.7. The van der Waals surface area contributed by atoms with Gasteiger partial charge in [0.05, 0.1) is 0 Å². The van der Waals surface area contributed by atoms with E-state index in [0.29, 0.717) is 6.42 Å². The van der Waals surface area contributed by atoms with Crippen molar-refractivity contribution in [1.29, 1.82) is 0 Å². The third-order valence-electron chi connectivity index (χ3n) is 3.95. The molecule has 0 aromatic rings. The second-order valence-electron chi connectivity index (χ2n) is 6.57. The highest BCUT2D eigenvalue weighted by atomic mass is 16.4. The Labute approximate surface area is 162 Å². The van der Waals surface area contributed by atoms with E-state index in [9.17, 15) is 14.4 Å². The van der Waals surface area contributed by atoms with Crippen molar-refractivity contribution >= 4 is 17.9 Å². The Morgan fingerprint density at radius 3 is 1.33 bits per heavy atom. The molecule has 7 N–H and O–H groups in total. The highest BCUT2D eigenvalue weighted by molar-refractivity contribution is 5.74. The first kappa shape index (κ1) is 30.0. The molecule has 0 aliphatic rings. The molecule has 0 aromatic carbocycles. The topological polar surface area (TPSA) is 162 Å². The molecule has 0 bridgehead atoms. The maximum Gasteiger partial charge on any atom is 0.320 e. The number of hydrogen-bond acceptors (Lipinski definition) is 6. The zero-order chi connectivity index (χ0) is 22.2. The van der Waals surface area contributed by atoms with Crippen LogP contribution in [0.15, 0.2) is 0 Å². The van der Waals surface area contributed by atoms with Crippen LogP contribution >= 0.6 is 0 Å². The van der Waals surface area contributed by atoms with E-state index in [-0.39, 0.29) is 11.8 Å². The molecule has 0 saturated carbocycles. The SMILES string of the molecule is CCC[C@H](N)C(=O)O.CC[C@H](C)[C@H](NC)C(=O)O.CN[C@H](C(=O)O)C(C)C. The van der Waals surface area contributed by atoms with E-state index in [2.05, 4.69) is 10.6 Å². The van der Waals surface area contributed by atoms with Crippen LogP contribution in [-0.4, -0.2) is 65.4 Å². The van der Waals surface area contributed by atoms with Gasteiger partial charge in [0.15, 0.2) is 0 Å². The molecule has 0 aliphatic heterocycles. The van der Waals surface area contributed by atoms with E-state index in [1.165, 1.54) is 0 Å². The Kier molecular flexibility index (Phi) is 19.7. The van der Waals surface area contributed by atoms with E-state index in [1.807, 2.05) is 34.6 Å². The summed E-state index contributed by atoms with van der Waals surface area (Å²) in [7, 11) is 3.32. The largest absolute Gasteiger partial charge is 0.480 e. The van der Waals surface area contributed by atoms with Gasteiger partial charge in [-0.05, 0) is 32.4 Å². The zero-order valence-corrected chi connectivity index (χ0v) is 17.7. The van der Waals surface area contributed by atoms with Gasteiger partial charge < -0.3 is 31.7 Å². The van der Waals surface area contributed by atoms with E-state index >= 15 is 0 Å². The van der Waals surface area contributed by atoms with Crippen molar-refractivity contribution in [2.24, 2.45) is 17.6 Å². The van der Waals surface area contributed by atoms with Crippen molar-refractivity contribution in [3.63, 3.8) is 0 Å². The predicted molar refractivity (Wildman–Crippen MR) is 106 cm³/mol. The lowest BCUT2D eigenvalue weighted by atomic mass is 10.00. The Bertz CT molecular complexity index is 418. The van der Waals surface area contributed by atoms with Crippen LogP contribution in [0.3, 0.4) is 0 Å². The van der Waals surface area contributed by atoms with Crippen LogP contribution in [0.25, 0.3) is 0 Å². The summed E-state index contributed by atoms with van der Waals surface area (Å²) >= 11 is 0. The van der Waals surface area contributed by atoms with E-state index in [1.54, 1.807) is 14.1 Å². The minimum absolute atomic E-state index is 0.146. The van der Waals surface area contributed by atoms with Gasteiger partial charge in [-0.2, -0.15) is 0 Å². The minimum Gasteiger partial charge on any atom is -0.480 e. The Morgan fingerprint density at radius 2 is 1.26 bits per heavy atom. The number of carboxylic acid groups (broad SMARTS) is 3. The third kappa shape index (κ3) is 16.2. The highest BCUT2D eigenvalue weighted by Gasteiger charge is 2.20. The molecule has 4 atom stereocenters. The van der Waals surface area contributed by atoms with Gasteiger partial charge in [0, 0.05) is 0 Å². The molecule has 0 aromatic heterocycles. The number of aliphatic carboxylic acids is 3. The number of nitrogens with two attached hydrogens (primary N) is 1. The van der Waals surface area contributed by atoms with Crippen molar-refractivity contribution in [3.8, 4) is 0 Å². The second kappa shape index (κ2) is 17.7. The Morgan fingerprint density at radius 1 is 0.852 bits per heavy atom. The summed E-state index contributed by atoms with van der Waals surface area (Å²) in [6.45, 7) is 9.56. The third-order valence-corrected chi connectivity index (χ3v) is 3.95. The van der Waals surface area contributed by atoms with Crippen LogP contribution in [-0.2, 0) is 14.4 Å². The predicted octanol–water partition coefficient (Wildman–Crippen LogP) is 1.22. The maximum atomic E-state index is 10.5. The molecule has 162 valence electrons. The maximum absolute atomic E-state index is 10.5. The molecular formula is C18H39N3O6. The normalized spacial score (nSPS) is 14.6. The lowest BCUT2D eigenvalue weighted by molar-refractivity contribution is -0.141. The number of carboxylic acids is 3. The highest BCUT2D eigenvalue weighted by Crippen LogP contribution is 2.06. The smallest absolute Gasteiger partial charge is 0.320 e. The van der Waals surface area contributed by atoms with Gasteiger partial charge >= 0.3 is 17.9 Å². The number of hydrogen-bond donors (Lipinski definition) is 6. The Balaban J connectivity index is -0.000000322. The molecule has 0 saturated heterocycles. The molecule has 0 rings (SSSR count). The monoisotopic (exact) mass is 393 g/mol. The Hall–Kier alpha value is -1.71. The van der Waals surface area contributed by atoms with E-state index in [0.717, 1.165) is 12.8 Å². The number of carbonyl (C=O) groups is 3. The van der Waals surface area contributed by atoms with Gasteiger partial charge in [0.2, 0.25) is 0 Å². The quantitative estimate of drug-likeness (QED) is 0.320. The van der Waals surface area contributed by atoms with Gasteiger partial charge in [-0.3, -0.25) is 14.4 Å². The van der Waals surface area contributed by atoms with Gasteiger partial charge in [0.25, 0.3) is 0 Å². The van der Waals surface area contributed by atoms with Crippen LogP contribution in [0.5, 0.6) is 0 Å². The second-order valence-corrected chi connectivity index (χ2v) is 6.57. The number of likely N-dealkylation sites (N-methyl/N-ethyl adjacent to an activating group) is 2. The first-order valence-corrected chi connectivity index (χ1v) is 9.19. The number of rotatable bonds is 10. The molecular weight excluding hydrogens is 354 g/mol.